The minimum atomic E-state index is -0.789. The molecule has 3 N–H and O–H groups in total. The Morgan fingerprint density at radius 2 is 0.873 bits per heavy atom. The fraction of sp³-hybridized carbons (Fsp3) is 0.878. The van der Waals surface area contributed by atoms with E-state index in [0.29, 0.717) is 19.3 Å². The first-order chi connectivity index (χ1) is 27.0. The zero-order chi connectivity index (χ0) is 40.3. The number of unbranched alkanes of at least 4 members (excludes halogenated alkanes) is 27. The average molecular weight is 776 g/mol. The Bertz CT molecular complexity index is 873. The molecule has 0 radical (unpaired) electrons. The van der Waals surface area contributed by atoms with Crippen LogP contribution in [0.4, 0.5) is 0 Å². The summed E-state index contributed by atoms with van der Waals surface area (Å²) in [6.07, 6.45) is 48.1. The normalized spacial score (nSPS) is 13.5. The number of rotatable bonds is 43. The SMILES string of the molecule is CCCCC/C=C\CCCCCC(CC(=O)NC(CO)C(O)CCCCCCCCCCCCCC)OC(=O)CCCCC/C=C\CCCCCCCCC. The molecule has 3 unspecified atom stereocenters. The Morgan fingerprint density at radius 1 is 0.509 bits per heavy atom. The van der Waals surface area contributed by atoms with Crippen LogP contribution in [0.15, 0.2) is 24.3 Å². The third kappa shape index (κ3) is 39.0. The van der Waals surface area contributed by atoms with Gasteiger partial charge < -0.3 is 20.3 Å². The van der Waals surface area contributed by atoms with E-state index in [2.05, 4.69) is 50.4 Å². The lowest BCUT2D eigenvalue weighted by Gasteiger charge is -2.24. The summed E-state index contributed by atoms with van der Waals surface area (Å²) in [5.74, 6) is -0.503. The second-order valence-corrected chi connectivity index (χ2v) is 16.5. The third-order valence-corrected chi connectivity index (χ3v) is 11.0. The van der Waals surface area contributed by atoms with Crippen LogP contribution < -0.4 is 5.32 Å². The molecule has 55 heavy (non-hydrogen) atoms. The van der Waals surface area contributed by atoms with Crippen molar-refractivity contribution >= 4 is 11.9 Å². The highest BCUT2D eigenvalue weighted by molar-refractivity contribution is 5.77. The topological polar surface area (TPSA) is 95.9 Å². The Balaban J connectivity index is 4.56. The standard InChI is InChI=1S/C49H93NO5/c1-4-7-10-13-16-19-22-24-25-27-30-33-36-39-42-49(54)55-45(40-37-34-31-28-21-18-15-12-9-6-3)43-48(53)50-46(44-51)47(52)41-38-35-32-29-26-23-20-17-14-11-8-5-2/h18,21,25,27,45-47,51-52H,4-17,19-20,22-24,26,28-44H2,1-3H3,(H,50,53)/b21-18-,27-25-. The zero-order valence-corrected chi connectivity index (χ0v) is 36.8. The van der Waals surface area contributed by atoms with Crippen LogP contribution in [-0.4, -0.2) is 46.9 Å². The number of amides is 1. The molecular formula is C49H93NO5. The Morgan fingerprint density at radius 3 is 1.35 bits per heavy atom. The summed E-state index contributed by atoms with van der Waals surface area (Å²) in [5.41, 5.74) is 0. The van der Waals surface area contributed by atoms with Crippen molar-refractivity contribution in [1.82, 2.24) is 5.32 Å². The van der Waals surface area contributed by atoms with Gasteiger partial charge in [0.2, 0.25) is 5.91 Å². The highest BCUT2D eigenvalue weighted by Crippen LogP contribution is 2.17. The summed E-state index contributed by atoms with van der Waals surface area (Å²) in [4.78, 5) is 26.0. The number of ether oxygens (including phenoxy) is 1. The summed E-state index contributed by atoms with van der Waals surface area (Å²) >= 11 is 0. The molecular weight excluding hydrogens is 683 g/mol. The van der Waals surface area contributed by atoms with Crippen molar-refractivity contribution in [1.29, 1.82) is 0 Å². The lowest BCUT2D eigenvalue weighted by atomic mass is 10.0. The maximum Gasteiger partial charge on any atom is 0.306 e. The van der Waals surface area contributed by atoms with E-state index in [4.69, 9.17) is 4.74 Å². The highest BCUT2D eigenvalue weighted by Gasteiger charge is 2.24. The molecule has 6 heteroatoms. The molecule has 0 aliphatic rings. The predicted molar refractivity (Wildman–Crippen MR) is 236 cm³/mol. The van der Waals surface area contributed by atoms with E-state index in [-0.39, 0.29) is 24.9 Å². The molecule has 0 aliphatic heterocycles. The molecule has 0 rings (SSSR count). The van der Waals surface area contributed by atoms with Gasteiger partial charge in [0.05, 0.1) is 25.2 Å². The van der Waals surface area contributed by atoms with Crippen molar-refractivity contribution in [3.63, 3.8) is 0 Å². The van der Waals surface area contributed by atoms with Gasteiger partial charge in [-0.1, -0.05) is 186 Å². The van der Waals surface area contributed by atoms with Gasteiger partial charge in [-0.15, -0.1) is 0 Å². The fourth-order valence-electron chi connectivity index (χ4n) is 7.30. The molecule has 0 aromatic heterocycles. The van der Waals surface area contributed by atoms with E-state index in [1.165, 1.54) is 128 Å². The molecule has 3 atom stereocenters. The zero-order valence-electron chi connectivity index (χ0n) is 36.8. The van der Waals surface area contributed by atoms with Gasteiger partial charge in [-0.05, 0) is 77.0 Å². The number of allylic oxidation sites excluding steroid dienone is 4. The monoisotopic (exact) mass is 776 g/mol. The van der Waals surface area contributed by atoms with Crippen LogP contribution in [0.5, 0.6) is 0 Å². The lowest BCUT2D eigenvalue weighted by molar-refractivity contribution is -0.151. The van der Waals surface area contributed by atoms with Crippen molar-refractivity contribution in [3.05, 3.63) is 24.3 Å². The maximum atomic E-state index is 13.1. The molecule has 6 nitrogen and oxygen atoms in total. The van der Waals surface area contributed by atoms with Crippen LogP contribution in [0.3, 0.4) is 0 Å². The number of esters is 1. The van der Waals surface area contributed by atoms with Gasteiger partial charge in [0.1, 0.15) is 6.10 Å². The average Bonchev–Trinajstić information content (AvgIpc) is 3.18. The number of carbonyl (C=O) groups is 2. The van der Waals surface area contributed by atoms with Gasteiger partial charge in [0, 0.05) is 6.42 Å². The van der Waals surface area contributed by atoms with E-state index >= 15 is 0 Å². The molecule has 1 amide bonds. The number of hydrogen-bond acceptors (Lipinski definition) is 5. The quantitative estimate of drug-likeness (QED) is 0.0326. The Labute approximate surface area is 341 Å². The first kappa shape index (κ1) is 53.3. The second kappa shape index (κ2) is 43.5. The van der Waals surface area contributed by atoms with E-state index in [1.807, 2.05) is 0 Å². The first-order valence-electron chi connectivity index (χ1n) is 24.1. The second-order valence-electron chi connectivity index (χ2n) is 16.5. The van der Waals surface area contributed by atoms with Gasteiger partial charge in [-0.2, -0.15) is 0 Å². The van der Waals surface area contributed by atoms with Crippen molar-refractivity contribution in [3.8, 4) is 0 Å². The summed E-state index contributed by atoms with van der Waals surface area (Å²) in [7, 11) is 0. The Kier molecular flexibility index (Phi) is 42.2. The van der Waals surface area contributed by atoms with Gasteiger partial charge in [0.25, 0.3) is 0 Å². The number of aliphatic hydroxyl groups is 2. The largest absolute Gasteiger partial charge is 0.462 e. The van der Waals surface area contributed by atoms with Gasteiger partial charge in [-0.3, -0.25) is 9.59 Å². The smallest absolute Gasteiger partial charge is 0.306 e. The molecule has 0 saturated heterocycles. The van der Waals surface area contributed by atoms with Crippen molar-refractivity contribution in [2.24, 2.45) is 0 Å². The molecule has 0 aliphatic carbocycles. The van der Waals surface area contributed by atoms with Gasteiger partial charge in [0.15, 0.2) is 0 Å². The number of nitrogens with one attached hydrogen (secondary N) is 1. The maximum absolute atomic E-state index is 13.1. The van der Waals surface area contributed by atoms with Crippen molar-refractivity contribution < 1.29 is 24.5 Å². The minimum Gasteiger partial charge on any atom is -0.462 e. The van der Waals surface area contributed by atoms with Crippen LogP contribution in [0, 0.1) is 0 Å². The fourth-order valence-corrected chi connectivity index (χ4v) is 7.30. The van der Waals surface area contributed by atoms with Crippen molar-refractivity contribution in [2.75, 3.05) is 6.61 Å². The first-order valence-corrected chi connectivity index (χ1v) is 24.1. The molecule has 0 bridgehead atoms. The molecule has 0 fully saturated rings. The van der Waals surface area contributed by atoms with Crippen molar-refractivity contribution in [2.45, 2.75) is 270 Å². The molecule has 0 spiro atoms. The van der Waals surface area contributed by atoms with Crippen LogP contribution in [0.1, 0.15) is 252 Å². The Hall–Kier alpha value is -1.66. The lowest BCUT2D eigenvalue weighted by Crippen LogP contribution is -2.46. The van der Waals surface area contributed by atoms with Crippen LogP contribution in [0.25, 0.3) is 0 Å². The third-order valence-electron chi connectivity index (χ3n) is 11.0. The van der Waals surface area contributed by atoms with Gasteiger partial charge >= 0.3 is 5.97 Å². The van der Waals surface area contributed by atoms with Crippen LogP contribution >= 0.6 is 0 Å². The van der Waals surface area contributed by atoms with Crippen LogP contribution in [-0.2, 0) is 14.3 Å². The number of aliphatic hydroxyl groups excluding tert-OH is 2. The molecule has 0 aromatic rings. The molecule has 0 heterocycles. The molecule has 0 saturated carbocycles. The summed E-state index contributed by atoms with van der Waals surface area (Å²) in [6.45, 7) is 6.44. The van der Waals surface area contributed by atoms with E-state index in [9.17, 15) is 19.8 Å². The summed E-state index contributed by atoms with van der Waals surface area (Å²) in [5, 5.41) is 23.7. The molecule has 0 aromatic carbocycles. The highest BCUT2D eigenvalue weighted by atomic mass is 16.5. The molecule has 324 valence electrons. The minimum absolute atomic E-state index is 0.0639. The van der Waals surface area contributed by atoms with Gasteiger partial charge in [-0.25, -0.2) is 0 Å². The predicted octanol–water partition coefficient (Wildman–Crippen LogP) is 14.0. The van der Waals surface area contributed by atoms with Crippen LogP contribution in [0.2, 0.25) is 0 Å². The van der Waals surface area contributed by atoms with E-state index in [0.717, 1.165) is 77.0 Å². The number of carbonyl (C=O) groups excluding carboxylic acids is 2. The summed E-state index contributed by atoms with van der Waals surface area (Å²) in [6, 6.07) is -0.703. The number of hydrogen-bond donors (Lipinski definition) is 3. The van der Waals surface area contributed by atoms with E-state index < -0.39 is 18.2 Å². The van der Waals surface area contributed by atoms with E-state index in [1.54, 1.807) is 0 Å². The summed E-state index contributed by atoms with van der Waals surface area (Å²) < 4.78 is 5.89.